The molecule has 78 valence electrons. The number of allylic oxidation sites excluding steroid dienone is 2. The molecule has 0 radical (unpaired) electrons. The number of hydrogen-bond acceptors (Lipinski definition) is 2. The van der Waals surface area contributed by atoms with Crippen LogP contribution in [0.2, 0.25) is 0 Å². The molecule has 1 aliphatic rings. The van der Waals surface area contributed by atoms with Gasteiger partial charge < -0.3 is 10.2 Å². The fourth-order valence-electron chi connectivity index (χ4n) is 1.65. The molecule has 14 heavy (non-hydrogen) atoms. The van der Waals surface area contributed by atoms with Gasteiger partial charge in [-0.15, -0.1) is 0 Å². The predicted molar refractivity (Wildman–Crippen MR) is 62.1 cm³/mol. The highest BCUT2D eigenvalue weighted by atomic mass is 15.0. The molecular formula is C12H20N2. The molecule has 1 aliphatic carbocycles. The second-order valence-electron chi connectivity index (χ2n) is 4.00. The van der Waals surface area contributed by atoms with E-state index in [0.29, 0.717) is 5.92 Å². The highest BCUT2D eigenvalue weighted by Crippen LogP contribution is 2.21. The van der Waals surface area contributed by atoms with Gasteiger partial charge in [-0.2, -0.15) is 0 Å². The minimum absolute atomic E-state index is 0.458. The number of likely N-dealkylation sites (N-methyl/N-ethyl adjacent to an activating group) is 1. The molecule has 1 unspecified atom stereocenters. The van der Waals surface area contributed by atoms with Crippen LogP contribution in [-0.4, -0.2) is 32.6 Å². The van der Waals surface area contributed by atoms with Gasteiger partial charge in [0.05, 0.1) is 0 Å². The normalized spacial score (nSPS) is 20.9. The van der Waals surface area contributed by atoms with E-state index in [1.165, 1.54) is 5.57 Å². The lowest BCUT2D eigenvalue weighted by atomic mass is 9.93. The van der Waals surface area contributed by atoms with Crippen molar-refractivity contribution in [2.45, 2.75) is 6.42 Å². The molecule has 1 N–H and O–H groups in total. The number of rotatable bonds is 4. The van der Waals surface area contributed by atoms with Crippen LogP contribution in [-0.2, 0) is 0 Å². The molecule has 0 spiro atoms. The zero-order chi connectivity index (χ0) is 10.6. The Kier molecular flexibility index (Phi) is 3.96. The van der Waals surface area contributed by atoms with Crippen LogP contribution < -0.4 is 5.32 Å². The van der Waals surface area contributed by atoms with Gasteiger partial charge >= 0.3 is 0 Å². The largest absolute Gasteiger partial charge is 0.391 e. The minimum Gasteiger partial charge on any atom is -0.391 e. The maximum absolute atomic E-state index is 4.01. The molecule has 0 aliphatic heterocycles. The van der Waals surface area contributed by atoms with Crippen molar-refractivity contribution in [1.82, 2.24) is 10.2 Å². The number of nitrogens with zero attached hydrogens (tertiary/aromatic N) is 1. The van der Waals surface area contributed by atoms with Crippen LogP contribution in [0.1, 0.15) is 6.42 Å². The van der Waals surface area contributed by atoms with Gasteiger partial charge in [0.25, 0.3) is 0 Å². The van der Waals surface area contributed by atoms with Crippen molar-refractivity contribution < 1.29 is 0 Å². The summed E-state index contributed by atoms with van der Waals surface area (Å²) in [6.45, 7) is 5.01. The molecule has 0 fully saturated rings. The van der Waals surface area contributed by atoms with Crippen LogP contribution in [0.4, 0.5) is 0 Å². The summed E-state index contributed by atoms with van der Waals surface area (Å²) in [7, 11) is 6.11. The van der Waals surface area contributed by atoms with E-state index >= 15 is 0 Å². The molecular weight excluding hydrogens is 172 g/mol. The van der Waals surface area contributed by atoms with Gasteiger partial charge in [-0.25, -0.2) is 0 Å². The fourth-order valence-corrected chi connectivity index (χ4v) is 1.65. The lowest BCUT2D eigenvalue weighted by Gasteiger charge is -2.20. The van der Waals surface area contributed by atoms with Gasteiger partial charge in [-0.05, 0) is 26.1 Å². The van der Waals surface area contributed by atoms with Crippen LogP contribution in [0.15, 0.2) is 36.1 Å². The van der Waals surface area contributed by atoms with E-state index in [-0.39, 0.29) is 0 Å². The van der Waals surface area contributed by atoms with Gasteiger partial charge in [0.2, 0.25) is 0 Å². The van der Waals surface area contributed by atoms with Gasteiger partial charge in [0, 0.05) is 25.2 Å². The second kappa shape index (κ2) is 5.01. The first-order chi connectivity index (χ1) is 6.63. The second-order valence-corrected chi connectivity index (χ2v) is 4.00. The lowest BCUT2D eigenvalue weighted by Crippen LogP contribution is -2.19. The Balaban J connectivity index is 2.63. The van der Waals surface area contributed by atoms with Gasteiger partial charge in [0.15, 0.2) is 0 Å². The lowest BCUT2D eigenvalue weighted by molar-refractivity contribution is 0.446. The molecule has 0 aromatic rings. The first-order valence-corrected chi connectivity index (χ1v) is 5.02. The monoisotopic (exact) mass is 192 g/mol. The SMILES string of the molecule is C=C(NC)C1C=C(CN(C)C)C=CC1. The maximum Gasteiger partial charge on any atom is 0.0224 e. The Bertz CT molecular complexity index is 261. The topological polar surface area (TPSA) is 15.3 Å². The Morgan fingerprint density at radius 2 is 2.36 bits per heavy atom. The molecule has 0 saturated heterocycles. The standard InChI is InChI=1S/C12H20N2/c1-10(13-2)12-7-5-6-11(8-12)9-14(3)4/h5-6,8,12-13H,1,7,9H2,2-4H3. The van der Waals surface area contributed by atoms with Crippen molar-refractivity contribution in [2.75, 3.05) is 27.7 Å². The Labute approximate surface area is 87.0 Å². The van der Waals surface area contributed by atoms with E-state index < -0.39 is 0 Å². The van der Waals surface area contributed by atoms with Crippen molar-refractivity contribution in [1.29, 1.82) is 0 Å². The minimum atomic E-state index is 0.458. The van der Waals surface area contributed by atoms with Crippen LogP contribution in [0, 0.1) is 5.92 Å². The van der Waals surface area contributed by atoms with Gasteiger partial charge in [-0.3, -0.25) is 0 Å². The summed E-state index contributed by atoms with van der Waals surface area (Å²) >= 11 is 0. The molecule has 2 nitrogen and oxygen atoms in total. The fraction of sp³-hybridized carbons (Fsp3) is 0.500. The van der Waals surface area contributed by atoms with E-state index in [0.717, 1.165) is 18.7 Å². The Hall–Kier alpha value is -1.02. The first kappa shape index (κ1) is 11.1. The summed E-state index contributed by atoms with van der Waals surface area (Å²) in [5, 5.41) is 3.12. The molecule has 0 heterocycles. The summed E-state index contributed by atoms with van der Waals surface area (Å²) in [5.74, 6) is 0.458. The average molecular weight is 192 g/mol. The predicted octanol–water partition coefficient (Wildman–Crippen LogP) is 1.78. The smallest absolute Gasteiger partial charge is 0.0224 e. The average Bonchev–Trinajstić information content (AvgIpc) is 2.16. The summed E-state index contributed by atoms with van der Waals surface area (Å²) in [6.07, 6.45) is 7.81. The summed E-state index contributed by atoms with van der Waals surface area (Å²) < 4.78 is 0. The molecule has 1 atom stereocenters. The van der Waals surface area contributed by atoms with Crippen LogP contribution in [0.25, 0.3) is 0 Å². The van der Waals surface area contributed by atoms with Crippen molar-refractivity contribution in [2.24, 2.45) is 5.92 Å². The number of hydrogen-bond donors (Lipinski definition) is 1. The zero-order valence-electron chi connectivity index (χ0n) is 9.38. The zero-order valence-corrected chi connectivity index (χ0v) is 9.38. The Morgan fingerprint density at radius 1 is 1.64 bits per heavy atom. The van der Waals surface area contributed by atoms with Crippen LogP contribution >= 0.6 is 0 Å². The third kappa shape index (κ3) is 3.04. The third-order valence-corrected chi connectivity index (χ3v) is 2.40. The number of nitrogens with one attached hydrogen (secondary N) is 1. The highest BCUT2D eigenvalue weighted by Gasteiger charge is 2.11. The van der Waals surface area contributed by atoms with E-state index in [2.05, 4.69) is 49.1 Å². The van der Waals surface area contributed by atoms with E-state index in [1.54, 1.807) is 0 Å². The van der Waals surface area contributed by atoms with Crippen molar-refractivity contribution in [3.63, 3.8) is 0 Å². The summed E-state index contributed by atoms with van der Waals surface area (Å²) in [5.41, 5.74) is 2.48. The van der Waals surface area contributed by atoms with E-state index in [4.69, 9.17) is 0 Å². The molecule has 0 aromatic heterocycles. The summed E-state index contributed by atoms with van der Waals surface area (Å²) in [6, 6.07) is 0. The molecule has 0 amide bonds. The first-order valence-electron chi connectivity index (χ1n) is 5.02. The van der Waals surface area contributed by atoms with Crippen molar-refractivity contribution in [3.8, 4) is 0 Å². The van der Waals surface area contributed by atoms with Crippen LogP contribution in [0.3, 0.4) is 0 Å². The van der Waals surface area contributed by atoms with Gasteiger partial charge in [0.1, 0.15) is 0 Å². The quantitative estimate of drug-likeness (QED) is 0.730. The molecule has 2 heteroatoms. The molecule has 0 bridgehead atoms. The van der Waals surface area contributed by atoms with Gasteiger partial charge in [-0.1, -0.05) is 24.8 Å². The van der Waals surface area contributed by atoms with E-state index in [9.17, 15) is 0 Å². The van der Waals surface area contributed by atoms with Crippen molar-refractivity contribution >= 4 is 0 Å². The maximum atomic E-state index is 4.01. The molecule has 0 aromatic carbocycles. The highest BCUT2D eigenvalue weighted by molar-refractivity contribution is 5.29. The molecule has 0 saturated carbocycles. The van der Waals surface area contributed by atoms with E-state index in [1.807, 2.05) is 7.05 Å². The molecule has 1 rings (SSSR count). The van der Waals surface area contributed by atoms with Crippen molar-refractivity contribution in [3.05, 3.63) is 36.1 Å². The Morgan fingerprint density at radius 3 is 2.93 bits per heavy atom. The third-order valence-electron chi connectivity index (χ3n) is 2.40. The summed E-state index contributed by atoms with van der Waals surface area (Å²) in [4.78, 5) is 2.18. The van der Waals surface area contributed by atoms with Crippen LogP contribution in [0.5, 0.6) is 0 Å².